The first-order valence-electron chi connectivity index (χ1n) is 11.5. The monoisotopic (exact) mass is 504 g/mol. The highest BCUT2D eigenvalue weighted by atomic mass is 32.2. The van der Waals surface area contributed by atoms with Crippen LogP contribution >= 0.6 is 0 Å². The maximum Gasteiger partial charge on any atom is 0.340 e. The van der Waals surface area contributed by atoms with Crippen molar-refractivity contribution >= 4 is 34.1 Å². The lowest BCUT2D eigenvalue weighted by Gasteiger charge is -2.13. The second-order valence-corrected chi connectivity index (χ2v) is 8.72. The number of carbonyl (C=O) groups excluding carboxylic acids is 1. The average Bonchev–Trinajstić information content (AvgIpc) is 3.48. The number of nitrogens with one attached hydrogen (secondary N) is 1. The number of imidazole rings is 1. The minimum Gasteiger partial charge on any atom is -0.465 e. The zero-order chi connectivity index (χ0) is 25.1. The van der Waals surface area contributed by atoms with E-state index in [0.717, 1.165) is 22.3 Å². The lowest BCUT2D eigenvalue weighted by molar-refractivity contribution is 0.0528. The van der Waals surface area contributed by atoms with E-state index in [4.69, 9.17) is 13.8 Å². The third-order valence-electron chi connectivity index (χ3n) is 5.66. The van der Waals surface area contributed by atoms with E-state index in [9.17, 15) is 9.00 Å². The Kier molecular flexibility index (Phi) is 6.68. The number of esters is 1. The molecule has 0 amide bonds. The Morgan fingerprint density at radius 2 is 1.78 bits per heavy atom. The molecule has 0 aliphatic carbocycles. The van der Waals surface area contributed by atoms with Crippen LogP contribution in [0.4, 0.5) is 0 Å². The largest absolute Gasteiger partial charge is 0.465 e. The Hall–Kier alpha value is -4.18. The molecule has 0 radical (unpaired) electrons. The van der Waals surface area contributed by atoms with Crippen LogP contribution in [0.15, 0.2) is 71.9 Å². The second kappa shape index (κ2) is 10.2. The smallest absolute Gasteiger partial charge is 0.340 e. The van der Waals surface area contributed by atoms with E-state index in [0.29, 0.717) is 41.6 Å². The standard InChI is InChI=1S/C26H24N4O5S/c1-3-33-25(31)21-10-7-11-22-23(21)30(26(27-22)34-4-2)16-17-12-14-18(15-13-17)19-8-5-6-9-20(19)24-28-35-36(32)29-24/h5-15H,3-4,16H2,1-2H3,(H,28,29). The molecule has 0 bridgehead atoms. The molecule has 1 aliphatic heterocycles. The van der Waals surface area contributed by atoms with Gasteiger partial charge in [0, 0.05) is 5.56 Å². The van der Waals surface area contributed by atoms with Crippen molar-refractivity contribution in [1.29, 1.82) is 0 Å². The summed E-state index contributed by atoms with van der Waals surface area (Å²) in [7, 11) is 0. The summed E-state index contributed by atoms with van der Waals surface area (Å²) >= 11 is -1.67. The molecule has 0 fully saturated rings. The Morgan fingerprint density at radius 1 is 1.00 bits per heavy atom. The van der Waals surface area contributed by atoms with E-state index in [2.05, 4.69) is 14.9 Å². The molecule has 1 unspecified atom stereocenters. The molecule has 3 aromatic carbocycles. The molecular weight excluding hydrogens is 480 g/mol. The van der Waals surface area contributed by atoms with Gasteiger partial charge in [0.05, 0.1) is 36.4 Å². The number of para-hydroxylation sites is 1. The number of ether oxygens (including phenoxy) is 2. The molecule has 10 heteroatoms. The molecule has 1 aromatic heterocycles. The molecule has 5 rings (SSSR count). The van der Waals surface area contributed by atoms with Crippen molar-refractivity contribution in [3.05, 3.63) is 83.4 Å². The number of fused-ring (bicyclic) bond motifs is 1. The van der Waals surface area contributed by atoms with Crippen molar-refractivity contribution in [1.82, 2.24) is 14.3 Å². The maximum absolute atomic E-state index is 12.6. The number of hydrogen-bond donors (Lipinski definition) is 1. The zero-order valence-corrected chi connectivity index (χ0v) is 20.6. The van der Waals surface area contributed by atoms with Gasteiger partial charge >= 0.3 is 17.2 Å². The molecule has 184 valence electrons. The van der Waals surface area contributed by atoms with Gasteiger partial charge in [-0.25, -0.2) is 4.79 Å². The normalized spacial score (nSPS) is 14.7. The van der Waals surface area contributed by atoms with Crippen molar-refractivity contribution in [3.8, 4) is 17.1 Å². The van der Waals surface area contributed by atoms with Gasteiger partial charge in [0.15, 0.2) is 5.84 Å². The van der Waals surface area contributed by atoms with Crippen molar-refractivity contribution in [2.45, 2.75) is 20.4 Å². The molecule has 2 heterocycles. The number of amidine groups is 1. The van der Waals surface area contributed by atoms with Crippen molar-refractivity contribution in [2.24, 2.45) is 5.16 Å². The fraction of sp³-hybridized carbons (Fsp3) is 0.192. The van der Waals surface area contributed by atoms with Gasteiger partial charge in [0.1, 0.15) is 0 Å². The lowest BCUT2D eigenvalue weighted by atomic mass is 9.98. The van der Waals surface area contributed by atoms with Crippen LogP contribution in [0.3, 0.4) is 0 Å². The molecule has 0 saturated carbocycles. The van der Waals surface area contributed by atoms with Crippen molar-refractivity contribution in [3.63, 3.8) is 0 Å². The minimum atomic E-state index is -1.67. The van der Waals surface area contributed by atoms with E-state index in [1.807, 2.05) is 66.1 Å². The SMILES string of the molecule is CCOC(=O)c1cccc2nc(OCC)n(Cc3ccc(-c4ccccc4C4=NOS(=O)N4)cc3)c12. The first kappa shape index (κ1) is 23.6. The number of hydrogen-bond acceptors (Lipinski definition) is 7. The van der Waals surface area contributed by atoms with Crippen LogP contribution in [0.2, 0.25) is 0 Å². The van der Waals surface area contributed by atoms with Gasteiger partial charge in [-0.3, -0.25) is 13.6 Å². The van der Waals surface area contributed by atoms with E-state index >= 15 is 0 Å². The molecule has 0 saturated heterocycles. The third-order valence-corrected chi connectivity index (χ3v) is 6.23. The summed E-state index contributed by atoms with van der Waals surface area (Å²) < 4.78 is 32.0. The average molecular weight is 505 g/mol. The third kappa shape index (κ3) is 4.55. The summed E-state index contributed by atoms with van der Waals surface area (Å²) in [4.78, 5) is 17.3. The summed E-state index contributed by atoms with van der Waals surface area (Å²) in [6.45, 7) is 4.86. The van der Waals surface area contributed by atoms with Crippen LogP contribution in [0.5, 0.6) is 6.01 Å². The van der Waals surface area contributed by atoms with E-state index < -0.39 is 17.2 Å². The van der Waals surface area contributed by atoms with Crippen LogP contribution in [0.1, 0.15) is 35.3 Å². The summed E-state index contributed by atoms with van der Waals surface area (Å²) in [6, 6.07) is 21.6. The lowest BCUT2D eigenvalue weighted by Crippen LogP contribution is -2.20. The number of oxime groups is 1. The van der Waals surface area contributed by atoms with Gasteiger partial charge in [-0.15, -0.1) is 0 Å². The summed E-state index contributed by atoms with van der Waals surface area (Å²) in [6.07, 6.45) is 0. The molecule has 1 N–H and O–H groups in total. The topological polar surface area (TPSA) is 104 Å². The van der Waals surface area contributed by atoms with Crippen molar-refractivity contribution in [2.75, 3.05) is 13.2 Å². The van der Waals surface area contributed by atoms with Gasteiger partial charge in [-0.1, -0.05) is 54.6 Å². The predicted octanol–water partition coefficient (Wildman–Crippen LogP) is 4.19. The van der Waals surface area contributed by atoms with Crippen LogP contribution in [-0.4, -0.2) is 38.8 Å². The molecule has 9 nitrogen and oxygen atoms in total. The summed E-state index contributed by atoms with van der Waals surface area (Å²) in [5.41, 5.74) is 5.45. The highest BCUT2D eigenvalue weighted by Gasteiger charge is 2.21. The van der Waals surface area contributed by atoms with E-state index in [1.165, 1.54) is 0 Å². The molecule has 1 aliphatic rings. The first-order valence-corrected chi connectivity index (χ1v) is 12.6. The van der Waals surface area contributed by atoms with Crippen LogP contribution in [-0.2, 0) is 26.8 Å². The molecule has 0 spiro atoms. The predicted molar refractivity (Wildman–Crippen MR) is 137 cm³/mol. The second-order valence-electron chi connectivity index (χ2n) is 7.90. The van der Waals surface area contributed by atoms with Gasteiger partial charge in [0.2, 0.25) is 0 Å². The number of nitrogens with zero attached hydrogens (tertiary/aromatic N) is 3. The Balaban J connectivity index is 1.50. The van der Waals surface area contributed by atoms with Crippen LogP contribution in [0, 0.1) is 0 Å². The van der Waals surface area contributed by atoms with E-state index in [-0.39, 0.29) is 6.61 Å². The van der Waals surface area contributed by atoms with Gasteiger partial charge in [-0.05, 0) is 47.8 Å². The fourth-order valence-corrected chi connectivity index (χ4v) is 4.61. The fourth-order valence-electron chi connectivity index (χ4n) is 4.13. The Bertz CT molecular complexity index is 1480. The molecular formula is C26H24N4O5S. The number of carbonyl (C=O) groups is 1. The van der Waals surface area contributed by atoms with E-state index in [1.54, 1.807) is 19.1 Å². The number of benzene rings is 3. The number of aromatic nitrogens is 2. The molecule has 1 atom stereocenters. The molecule has 4 aromatic rings. The van der Waals surface area contributed by atoms with Crippen LogP contribution < -0.4 is 9.46 Å². The Labute approximate surface area is 210 Å². The van der Waals surface area contributed by atoms with Crippen LogP contribution in [0.25, 0.3) is 22.2 Å². The first-order chi connectivity index (χ1) is 17.6. The summed E-state index contributed by atoms with van der Waals surface area (Å²) in [5.74, 6) is 0.0262. The Morgan fingerprint density at radius 3 is 2.47 bits per heavy atom. The number of rotatable bonds is 8. The highest BCUT2D eigenvalue weighted by molar-refractivity contribution is 7.79. The van der Waals surface area contributed by atoms with Gasteiger partial charge < -0.3 is 9.47 Å². The maximum atomic E-state index is 12.6. The zero-order valence-electron chi connectivity index (χ0n) is 19.8. The minimum absolute atomic E-state index is 0.286. The highest BCUT2D eigenvalue weighted by Crippen LogP contribution is 2.29. The van der Waals surface area contributed by atoms with Gasteiger partial charge in [-0.2, -0.15) is 9.19 Å². The van der Waals surface area contributed by atoms with Gasteiger partial charge in [0.25, 0.3) is 6.01 Å². The van der Waals surface area contributed by atoms with Crippen molar-refractivity contribution < 1.29 is 22.8 Å². The quantitative estimate of drug-likeness (QED) is 0.361. The summed E-state index contributed by atoms with van der Waals surface area (Å²) in [5, 5.41) is 3.88. The molecule has 36 heavy (non-hydrogen) atoms.